The second-order valence-corrected chi connectivity index (χ2v) is 7.62. The largest absolute Gasteiger partial charge is 0.306 e. The number of likely N-dealkylation sites (tertiary alicyclic amines) is 1. The maximum absolute atomic E-state index is 4.75. The first kappa shape index (κ1) is 14.3. The summed E-state index contributed by atoms with van der Waals surface area (Å²) in [5.74, 6) is 1.48. The van der Waals surface area contributed by atoms with Crippen molar-refractivity contribution in [1.82, 2.24) is 24.7 Å². The van der Waals surface area contributed by atoms with E-state index in [9.17, 15) is 0 Å². The maximum atomic E-state index is 4.75. The Bertz CT molecular complexity index is 786. The number of nitrogens with zero attached hydrogens (tertiary/aromatic N) is 5. The summed E-state index contributed by atoms with van der Waals surface area (Å²) in [5.41, 5.74) is 1.12. The van der Waals surface area contributed by atoms with Crippen LogP contribution in [0.1, 0.15) is 24.6 Å². The standard InChI is InChI=1S/C15H16BrN5S/c1-20-8-6-10(7-9-20)13-17-18-15-21(13)19-14(22-15)11-2-4-12(16)5-3-11/h2-5,10H,6-9H2,1H3. The van der Waals surface area contributed by atoms with Crippen LogP contribution < -0.4 is 0 Å². The first-order valence-electron chi connectivity index (χ1n) is 7.37. The Kier molecular flexibility index (Phi) is 3.71. The van der Waals surface area contributed by atoms with Crippen molar-refractivity contribution in [3.05, 3.63) is 34.6 Å². The molecule has 22 heavy (non-hydrogen) atoms. The number of hydrogen-bond acceptors (Lipinski definition) is 5. The van der Waals surface area contributed by atoms with Gasteiger partial charge in [0.05, 0.1) is 0 Å². The molecule has 0 spiro atoms. The van der Waals surface area contributed by atoms with Gasteiger partial charge >= 0.3 is 0 Å². The summed E-state index contributed by atoms with van der Waals surface area (Å²) >= 11 is 5.06. The van der Waals surface area contributed by atoms with Crippen LogP contribution in [-0.2, 0) is 0 Å². The SMILES string of the molecule is CN1CCC(c2nnc3sc(-c4ccc(Br)cc4)nn23)CC1. The van der Waals surface area contributed by atoms with E-state index in [4.69, 9.17) is 5.10 Å². The van der Waals surface area contributed by atoms with Gasteiger partial charge in [0, 0.05) is 16.0 Å². The molecule has 1 aromatic carbocycles. The van der Waals surface area contributed by atoms with Crippen LogP contribution in [0.15, 0.2) is 28.7 Å². The normalized spacial score (nSPS) is 17.4. The highest BCUT2D eigenvalue weighted by atomic mass is 79.9. The molecule has 0 saturated carbocycles. The number of fused-ring (bicyclic) bond motifs is 1. The van der Waals surface area contributed by atoms with E-state index >= 15 is 0 Å². The molecule has 0 N–H and O–H groups in total. The average molecular weight is 378 g/mol. The third-order valence-corrected chi connectivity index (χ3v) is 5.67. The van der Waals surface area contributed by atoms with Gasteiger partial charge in [0.15, 0.2) is 5.82 Å². The van der Waals surface area contributed by atoms with E-state index in [1.54, 1.807) is 11.3 Å². The molecule has 1 fully saturated rings. The number of benzene rings is 1. The molecule has 0 amide bonds. The maximum Gasteiger partial charge on any atom is 0.234 e. The minimum atomic E-state index is 0.464. The van der Waals surface area contributed by atoms with Gasteiger partial charge in [0.2, 0.25) is 4.96 Å². The molecule has 0 unspecified atom stereocenters. The van der Waals surface area contributed by atoms with Crippen LogP contribution in [0.4, 0.5) is 0 Å². The van der Waals surface area contributed by atoms with Crippen LogP contribution >= 0.6 is 27.3 Å². The van der Waals surface area contributed by atoms with Crippen LogP contribution in [0, 0.1) is 0 Å². The molecule has 1 aliphatic heterocycles. The van der Waals surface area contributed by atoms with Crippen molar-refractivity contribution in [2.45, 2.75) is 18.8 Å². The summed E-state index contributed by atoms with van der Waals surface area (Å²) in [6.45, 7) is 2.23. The number of hydrogen-bond donors (Lipinski definition) is 0. The summed E-state index contributed by atoms with van der Waals surface area (Å²) in [7, 11) is 2.17. The molecule has 0 aliphatic carbocycles. The first-order valence-corrected chi connectivity index (χ1v) is 8.98. The molecule has 2 aromatic heterocycles. The van der Waals surface area contributed by atoms with Crippen LogP contribution in [-0.4, -0.2) is 44.8 Å². The fraction of sp³-hybridized carbons (Fsp3) is 0.400. The van der Waals surface area contributed by atoms with E-state index in [2.05, 4.69) is 50.2 Å². The van der Waals surface area contributed by atoms with Crippen molar-refractivity contribution in [3.8, 4) is 10.6 Å². The Morgan fingerprint density at radius 2 is 1.86 bits per heavy atom. The van der Waals surface area contributed by atoms with Crippen LogP contribution in [0.2, 0.25) is 0 Å². The van der Waals surface area contributed by atoms with E-state index in [1.165, 1.54) is 0 Å². The van der Waals surface area contributed by atoms with Gasteiger partial charge in [0.25, 0.3) is 0 Å². The van der Waals surface area contributed by atoms with Gasteiger partial charge in [-0.1, -0.05) is 39.4 Å². The summed E-state index contributed by atoms with van der Waals surface area (Å²) in [4.78, 5) is 3.25. The number of halogens is 1. The van der Waals surface area contributed by atoms with E-state index in [1.807, 2.05) is 16.6 Å². The second kappa shape index (κ2) is 5.72. The lowest BCUT2D eigenvalue weighted by Crippen LogP contribution is -2.30. The Morgan fingerprint density at radius 1 is 1.14 bits per heavy atom. The van der Waals surface area contributed by atoms with E-state index < -0.39 is 0 Å². The predicted molar refractivity (Wildman–Crippen MR) is 91.3 cm³/mol. The van der Waals surface area contributed by atoms with Gasteiger partial charge in [-0.2, -0.15) is 9.61 Å². The lowest BCUT2D eigenvalue weighted by atomic mass is 9.96. The monoisotopic (exact) mass is 377 g/mol. The van der Waals surface area contributed by atoms with E-state index in [0.29, 0.717) is 5.92 Å². The Hall–Kier alpha value is -1.31. The molecule has 3 heterocycles. The highest BCUT2D eigenvalue weighted by Gasteiger charge is 2.24. The van der Waals surface area contributed by atoms with Crippen LogP contribution in [0.3, 0.4) is 0 Å². The van der Waals surface area contributed by atoms with Crippen molar-refractivity contribution in [3.63, 3.8) is 0 Å². The molecule has 1 aliphatic rings. The number of piperidine rings is 1. The van der Waals surface area contributed by atoms with Crippen LogP contribution in [0.5, 0.6) is 0 Å². The van der Waals surface area contributed by atoms with Gasteiger partial charge in [-0.05, 0) is 45.1 Å². The molecular weight excluding hydrogens is 362 g/mol. The molecular formula is C15H16BrN5S. The summed E-state index contributed by atoms with van der Waals surface area (Å²) in [6.07, 6.45) is 2.25. The topological polar surface area (TPSA) is 46.3 Å². The summed E-state index contributed by atoms with van der Waals surface area (Å²) < 4.78 is 3.02. The Balaban J connectivity index is 1.68. The van der Waals surface area contributed by atoms with Crippen molar-refractivity contribution in [1.29, 1.82) is 0 Å². The third kappa shape index (κ3) is 2.57. The quantitative estimate of drug-likeness (QED) is 0.686. The molecule has 0 bridgehead atoms. The zero-order valence-corrected chi connectivity index (χ0v) is 14.6. The van der Waals surface area contributed by atoms with Gasteiger partial charge in [-0.25, -0.2) is 0 Å². The van der Waals surface area contributed by atoms with E-state index in [-0.39, 0.29) is 0 Å². The zero-order chi connectivity index (χ0) is 15.1. The van der Waals surface area contributed by atoms with Crippen molar-refractivity contribution < 1.29 is 0 Å². The Labute approximate surface area is 141 Å². The fourth-order valence-electron chi connectivity index (χ4n) is 2.86. The van der Waals surface area contributed by atoms with Gasteiger partial charge in [-0.15, -0.1) is 10.2 Å². The molecule has 5 nitrogen and oxygen atoms in total. The minimum Gasteiger partial charge on any atom is -0.306 e. The highest BCUT2D eigenvalue weighted by molar-refractivity contribution is 9.10. The first-order chi connectivity index (χ1) is 10.7. The van der Waals surface area contributed by atoms with Gasteiger partial charge in [-0.3, -0.25) is 0 Å². The van der Waals surface area contributed by atoms with Gasteiger partial charge < -0.3 is 4.90 Å². The molecule has 3 aromatic rings. The van der Waals surface area contributed by atoms with E-state index in [0.717, 1.165) is 51.8 Å². The molecule has 7 heteroatoms. The van der Waals surface area contributed by atoms with Crippen molar-refractivity contribution in [2.24, 2.45) is 0 Å². The molecule has 114 valence electrons. The molecule has 4 rings (SSSR count). The Morgan fingerprint density at radius 3 is 2.59 bits per heavy atom. The smallest absolute Gasteiger partial charge is 0.234 e. The molecule has 0 atom stereocenters. The number of aromatic nitrogens is 4. The second-order valence-electron chi connectivity index (χ2n) is 5.74. The lowest BCUT2D eigenvalue weighted by molar-refractivity contribution is 0.250. The summed E-state index contributed by atoms with van der Waals surface area (Å²) in [6, 6.07) is 8.22. The van der Waals surface area contributed by atoms with Crippen LogP contribution in [0.25, 0.3) is 15.5 Å². The van der Waals surface area contributed by atoms with Crippen molar-refractivity contribution in [2.75, 3.05) is 20.1 Å². The molecule has 1 saturated heterocycles. The zero-order valence-electron chi connectivity index (χ0n) is 12.2. The van der Waals surface area contributed by atoms with Crippen molar-refractivity contribution >= 4 is 32.2 Å². The highest BCUT2D eigenvalue weighted by Crippen LogP contribution is 2.31. The average Bonchev–Trinajstić information content (AvgIpc) is 3.09. The summed E-state index contributed by atoms with van der Waals surface area (Å²) in [5, 5.41) is 14.5. The lowest BCUT2D eigenvalue weighted by Gasteiger charge is -2.27. The minimum absolute atomic E-state index is 0.464. The van der Waals surface area contributed by atoms with Gasteiger partial charge in [0.1, 0.15) is 5.01 Å². The number of rotatable bonds is 2. The third-order valence-electron chi connectivity index (χ3n) is 4.19. The fourth-order valence-corrected chi connectivity index (χ4v) is 3.98. The predicted octanol–water partition coefficient (Wildman–Crippen LogP) is 3.42. The molecule has 0 radical (unpaired) electrons.